The molecule has 1 amide bonds. The van der Waals surface area contributed by atoms with Crippen LogP contribution in [0.15, 0.2) is 36.5 Å². The lowest BCUT2D eigenvalue weighted by atomic mass is 10.3. The molecule has 1 unspecified atom stereocenters. The normalized spacial score (nSPS) is 11.8. The maximum Gasteiger partial charge on any atom is 0.263 e. The lowest BCUT2D eigenvalue weighted by molar-refractivity contribution is -0.118. The lowest BCUT2D eigenvalue weighted by Gasteiger charge is -2.14. The van der Waals surface area contributed by atoms with Gasteiger partial charge in [0.25, 0.3) is 5.91 Å². The molecule has 0 aliphatic heterocycles. The standard InChI is InChI=1S/C16H21N3O3/c1-4-12(2)19-15(8-9-17-19)18-16(20)11-22-14-7-5-6-13(10-14)21-3/h5-10,12H,4,11H2,1-3H3,(H,18,20). The second-order valence-corrected chi connectivity index (χ2v) is 4.93. The predicted molar refractivity (Wildman–Crippen MR) is 84.3 cm³/mol. The van der Waals surface area contributed by atoms with E-state index in [0.29, 0.717) is 17.3 Å². The number of methoxy groups -OCH3 is 1. The average molecular weight is 303 g/mol. The number of anilines is 1. The maximum atomic E-state index is 12.0. The van der Waals surface area contributed by atoms with Crippen LogP contribution in [0.25, 0.3) is 0 Å². The van der Waals surface area contributed by atoms with Crippen molar-refractivity contribution in [1.29, 1.82) is 0 Å². The van der Waals surface area contributed by atoms with Gasteiger partial charge in [0.2, 0.25) is 0 Å². The highest BCUT2D eigenvalue weighted by Crippen LogP contribution is 2.19. The van der Waals surface area contributed by atoms with Crippen molar-refractivity contribution in [3.63, 3.8) is 0 Å². The number of benzene rings is 1. The zero-order valence-corrected chi connectivity index (χ0v) is 13.1. The summed E-state index contributed by atoms with van der Waals surface area (Å²) in [4.78, 5) is 12.0. The molecule has 0 spiro atoms. The second-order valence-electron chi connectivity index (χ2n) is 4.93. The zero-order valence-electron chi connectivity index (χ0n) is 13.1. The largest absolute Gasteiger partial charge is 0.497 e. The first-order valence-electron chi connectivity index (χ1n) is 7.24. The number of nitrogens with zero attached hydrogens (tertiary/aromatic N) is 2. The van der Waals surface area contributed by atoms with Gasteiger partial charge in [-0.15, -0.1) is 0 Å². The van der Waals surface area contributed by atoms with E-state index in [0.717, 1.165) is 6.42 Å². The molecular formula is C16H21N3O3. The van der Waals surface area contributed by atoms with Gasteiger partial charge in [0.15, 0.2) is 6.61 Å². The van der Waals surface area contributed by atoms with E-state index in [2.05, 4.69) is 24.3 Å². The highest BCUT2D eigenvalue weighted by molar-refractivity contribution is 5.91. The Morgan fingerprint density at radius 2 is 2.14 bits per heavy atom. The molecule has 0 radical (unpaired) electrons. The quantitative estimate of drug-likeness (QED) is 0.854. The lowest BCUT2D eigenvalue weighted by Crippen LogP contribution is -2.22. The third kappa shape index (κ3) is 4.00. The highest BCUT2D eigenvalue weighted by atomic mass is 16.5. The summed E-state index contributed by atoms with van der Waals surface area (Å²) < 4.78 is 12.4. The van der Waals surface area contributed by atoms with Crippen LogP contribution in [0.3, 0.4) is 0 Å². The van der Waals surface area contributed by atoms with Gasteiger partial charge in [0.1, 0.15) is 17.3 Å². The summed E-state index contributed by atoms with van der Waals surface area (Å²) in [5.41, 5.74) is 0. The van der Waals surface area contributed by atoms with E-state index in [-0.39, 0.29) is 18.6 Å². The fourth-order valence-corrected chi connectivity index (χ4v) is 1.96. The van der Waals surface area contributed by atoms with E-state index >= 15 is 0 Å². The summed E-state index contributed by atoms with van der Waals surface area (Å²) in [5.74, 6) is 1.72. The number of nitrogens with one attached hydrogen (secondary N) is 1. The first kappa shape index (κ1) is 15.9. The molecule has 1 aromatic carbocycles. The molecule has 0 saturated heterocycles. The molecule has 2 rings (SSSR count). The smallest absolute Gasteiger partial charge is 0.263 e. The minimum Gasteiger partial charge on any atom is -0.497 e. The minimum absolute atomic E-state index is 0.0706. The van der Waals surface area contributed by atoms with Crippen LogP contribution in [-0.4, -0.2) is 29.4 Å². The Morgan fingerprint density at radius 1 is 1.36 bits per heavy atom. The molecule has 22 heavy (non-hydrogen) atoms. The topological polar surface area (TPSA) is 65.4 Å². The molecule has 6 heteroatoms. The monoisotopic (exact) mass is 303 g/mol. The molecule has 0 aliphatic rings. The van der Waals surface area contributed by atoms with Gasteiger partial charge in [0, 0.05) is 12.1 Å². The molecule has 0 fully saturated rings. The van der Waals surface area contributed by atoms with Crippen molar-refractivity contribution in [1.82, 2.24) is 9.78 Å². The predicted octanol–water partition coefficient (Wildman–Crippen LogP) is 2.88. The van der Waals surface area contributed by atoms with Crippen LogP contribution in [0.1, 0.15) is 26.3 Å². The number of carbonyl (C=O) groups excluding carboxylic acids is 1. The van der Waals surface area contributed by atoms with Gasteiger partial charge in [0.05, 0.1) is 19.3 Å². The van der Waals surface area contributed by atoms with Crippen LogP contribution in [0, 0.1) is 0 Å². The van der Waals surface area contributed by atoms with Crippen LogP contribution < -0.4 is 14.8 Å². The summed E-state index contributed by atoms with van der Waals surface area (Å²) in [6.45, 7) is 4.05. The summed E-state index contributed by atoms with van der Waals surface area (Å²) in [5, 5.41) is 7.04. The molecule has 118 valence electrons. The van der Waals surface area contributed by atoms with Gasteiger partial charge in [-0.2, -0.15) is 5.10 Å². The van der Waals surface area contributed by atoms with Crippen LogP contribution in [0.2, 0.25) is 0 Å². The fraction of sp³-hybridized carbons (Fsp3) is 0.375. The van der Waals surface area contributed by atoms with Crippen molar-refractivity contribution in [3.05, 3.63) is 36.5 Å². The number of ether oxygens (including phenoxy) is 2. The maximum absolute atomic E-state index is 12.0. The third-order valence-corrected chi connectivity index (χ3v) is 3.36. The summed E-state index contributed by atoms with van der Waals surface area (Å²) >= 11 is 0. The Kier molecular flexibility index (Phi) is 5.41. The number of hydrogen-bond donors (Lipinski definition) is 1. The van der Waals surface area contributed by atoms with Crippen molar-refractivity contribution >= 4 is 11.7 Å². The van der Waals surface area contributed by atoms with Gasteiger partial charge in [-0.25, -0.2) is 4.68 Å². The Bertz CT molecular complexity index is 625. The molecule has 6 nitrogen and oxygen atoms in total. The molecule has 1 atom stereocenters. The molecule has 1 N–H and O–H groups in total. The molecule has 0 bridgehead atoms. The SMILES string of the molecule is CCC(C)n1nccc1NC(=O)COc1cccc(OC)c1. The van der Waals surface area contributed by atoms with E-state index < -0.39 is 0 Å². The van der Waals surface area contributed by atoms with E-state index in [4.69, 9.17) is 9.47 Å². The fourth-order valence-electron chi connectivity index (χ4n) is 1.96. The van der Waals surface area contributed by atoms with E-state index in [1.807, 2.05) is 12.1 Å². The summed E-state index contributed by atoms with van der Waals surface area (Å²) in [7, 11) is 1.59. The highest BCUT2D eigenvalue weighted by Gasteiger charge is 2.11. The molecular weight excluding hydrogens is 282 g/mol. The Hall–Kier alpha value is -2.50. The Balaban J connectivity index is 1.92. The van der Waals surface area contributed by atoms with Crippen molar-refractivity contribution in [2.45, 2.75) is 26.3 Å². The average Bonchev–Trinajstić information content (AvgIpc) is 3.00. The van der Waals surface area contributed by atoms with Gasteiger partial charge in [-0.05, 0) is 25.5 Å². The molecule has 1 aromatic heterocycles. The van der Waals surface area contributed by atoms with E-state index in [9.17, 15) is 4.79 Å². The van der Waals surface area contributed by atoms with Crippen LogP contribution >= 0.6 is 0 Å². The van der Waals surface area contributed by atoms with E-state index in [1.54, 1.807) is 36.2 Å². The van der Waals surface area contributed by atoms with Crippen LogP contribution in [0.4, 0.5) is 5.82 Å². The van der Waals surface area contributed by atoms with Gasteiger partial charge >= 0.3 is 0 Å². The van der Waals surface area contributed by atoms with Crippen molar-refractivity contribution in [2.24, 2.45) is 0 Å². The molecule has 2 aromatic rings. The second kappa shape index (κ2) is 7.49. The summed E-state index contributed by atoms with van der Waals surface area (Å²) in [6, 6.07) is 9.14. The first-order chi connectivity index (χ1) is 10.6. The minimum atomic E-state index is -0.229. The number of hydrogen-bond acceptors (Lipinski definition) is 4. The Labute approximate surface area is 130 Å². The van der Waals surface area contributed by atoms with Crippen molar-refractivity contribution < 1.29 is 14.3 Å². The van der Waals surface area contributed by atoms with Gasteiger partial charge in [-0.3, -0.25) is 4.79 Å². The number of rotatable bonds is 7. The van der Waals surface area contributed by atoms with Gasteiger partial charge < -0.3 is 14.8 Å². The number of aromatic nitrogens is 2. The zero-order chi connectivity index (χ0) is 15.9. The van der Waals surface area contributed by atoms with Crippen molar-refractivity contribution in [2.75, 3.05) is 19.0 Å². The first-order valence-corrected chi connectivity index (χ1v) is 7.24. The summed E-state index contributed by atoms with van der Waals surface area (Å²) in [6.07, 6.45) is 2.61. The van der Waals surface area contributed by atoms with E-state index in [1.165, 1.54) is 0 Å². The van der Waals surface area contributed by atoms with Crippen LogP contribution in [-0.2, 0) is 4.79 Å². The van der Waals surface area contributed by atoms with Gasteiger partial charge in [-0.1, -0.05) is 13.0 Å². The molecule has 0 saturated carbocycles. The van der Waals surface area contributed by atoms with Crippen molar-refractivity contribution in [3.8, 4) is 11.5 Å². The molecule has 1 heterocycles. The number of carbonyl (C=O) groups is 1. The third-order valence-electron chi connectivity index (χ3n) is 3.36. The molecule has 0 aliphatic carbocycles. The van der Waals surface area contributed by atoms with Crippen LogP contribution in [0.5, 0.6) is 11.5 Å². The Morgan fingerprint density at radius 3 is 2.86 bits per heavy atom. The number of amides is 1.